The van der Waals surface area contributed by atoms with E-state index in [1.807, 2.05) is 30.0 Å². The predicted octanol–water partition coefficient (Wildman–Crippen LogP) is 5.73. The number of nitrogens with zero attached hydrogens (tertiary/aromatic N) is 2. The van der Waals surface area contributed by atoms with Crippen molar-refractivity contribution in [3.05, 3.63) is 52.5 Å². The average molecular weight is 521 g/mol. The van der Waals surface area contributed by atoms with E-state index in [2.05, 4.69) is 27.4 Å². The van der Waals surface area contributed by atoms with Crippen LogP contribution in [0.3, 0.4) is 0 Å². The minimum absolute atomic E-state index is 0.316. The second kappa shape index (κ2) is 11.3. The Hall–Kier alpha value is -1.84. The monoisotopic (exact) mass is 520 g/mol. The van der Waals surface area contributed by atoms with Gasteiger partial charge in [-0.2, -0.15) is 0 Å². The molecule has 1 saturated heterocycles. The second-order valence-corrected chi connectivity index (χ2v) is 11.4. The molecule has 1 atom stereocenters. The molecule has 6 nitrogen and oxygen atoms in total. The molecule has 4 rings (SSSR count). The molecule has 1 aliphatic heterocycles. The summed E-state index contributed by atoms with van der Waals surface area (Å²) in [6, 6.07) is 9.63. The maximum atomic E-state index is 12.3. The molecule has 0 saturated carbocycles. The molecule has 1 aromatic carbocycles. The Morgan fingerprint density at radius 3 is 2.82 bits per heavy atom. The molecule has 3 aromatic rings. The maximum Gasteiger partial charge on any atom is 0.309 e. The van der Waals surface area contributed by atoms with Gasteiger partial charge in [0, 0.05) is 29.4 Å². The van der Waals surface area contributed by atoms with Crippen molar-refractivity contribution in [2.24, 2.45) is 5.41 Å². The van der Waals surface area contributed by atoms with Crippen molar-refractivity contribution in [2.75, 3.05) is 32.5 Å². The fraction of sp³-hybridized carbons (Fsp3) is 0.440. The van der Waals surface area contributed by atoms with Gasteiger partial charge in [-0.05, 0) is 68.4 Å². The van der Waals surface area contributed by atoms with E-state index in [0.29, 0.717) is 47.5 Å². The Morgan fingerprint density at radius 1 is 1.35 bits per heavy atom. The summed E-state index contributed by atoms with van der Waals surface area (Å²) in [7, 11) is 1.58. The minimum Gasteiger partial charge on any atom is -0.497 e. The normalized spacial score (nSPS) is 17.0. The summed E-state index contributed by atoms with van der Waals surface area (Å²) in [5, 5.41) is 24.4. The average Bonchev–Trinajstić information content (AvgIpc) is 3.36. The van der Waals surface area contributed by atoms with Crippen LogP contribution < -0.4 is 4.74 Å². The Bertz CT molecular complexity index is 1120. The standard InChI is InChI=1S/C25H29ClN2O4S2/c1-32-17-4-5-20-18(15-17)23(19(26)16-27-20)21(29)6-7-25(24(30)31)8-10-28(11-9-25)12-14-34-22-3-2-13-33-22/h2-5,13,15-16,21,29H,6-12,14H2,1H3,(H,30,31)/t21-/m0/s1. The zero-order valence-corrected chi connectivity index (χ0v) is 21.5. The smallest absolute Gasteiger partial charge is 0.309 e. The summed E-state index contributed by atoms with van der Waals surface area (Å²) < 4.78 is 6.63. The third kappa shape index (κ3) is 5.69. The highest BCUT2D eigenvalue weighted by molar-refractivity contribution is 8.01. The topological polar surface area (TPSA) is 82.9 Å². The number of aromatic nitrogens is 1. The van der Waals surface area contributed by atoms with Crippen molar-refractivity contribution >= 4 is 51.6 Å². The quantitative estimate of drug-likeness (QED) is 0.330. The van der Waals surface area contributed by atoms with Crippen molar-refractivity contribution < 1.29 is 19.7 Å². The summed E-state index contributed by atoms with van der Waals surface area (Å²) in [5.74, 6) is 0.868. The van der Waals surface area contributed by atoms with Gasteiger partial charge in [0.2, 0.25) is 0 Å². The van der Waals surface area contributed by atoms with E-state index in [-0.39, 0.29) is 0 Å². The first-order valence-corrected chi connectivity index (χ1v) is 13.6. The molecule has 182 valence electrons. The lowest BCUT2D eigenvalue weighted by Crippen LogP contribution is -2.45. The largest absolute Gasteiger partial charge is 0.497 e. The zero-order chi connectivity index (χ0) is 24.1. The van der Waals surface area contributed by atoms with Crippen LogP contribution in [-0.4, -0.2) is 58.6 Å². The summed E-state index contributed by atoms with van der Waals surface area (Å²) in [4.78, 5) is 19.0. The molecule has 0 amide bonds. The van der Waals surface area contributed by atoms with E-state index < -0.39 is 17.5 Å². The van der Waals surface area contributed by atoms with Gasteiger partial charge in [-0.25, -0.2) is 0 Å². The van der Waals surface area contributed by atoms with E-state index in [1.165, 1.54) is 10.4 Å². The molecule has 0 unspecified atom stereocenters. The van der Waals surface area contributed by atoms with Crippen LogP contribution in [0.2, 0.25) is 5.02 Å². The number of piperidine rings is 1. The zero-order valence-electron chi connectivity index (χ0n) is 19.1. The van der Waals surface area contributed by atoms with Crippen molar-refractivity contribution in [1.82, 2.24) is 9.88 Å². The highest BCUT2D eigenvalue weighted by Crippen LogP contribution is 2.41. The van der Waals surface area contributed by atoms with Gasteiger partial charge in [0.25, 0.3) is 0 Å². The lowest BCUT2D eigenvalue weighted by atomic mass is 9.74. The van der Waals surface area contributed by atoms with Gasteiger partial charge >= 0.3 is 5.97 Å². The Labute approximate surface area is 212 Å². The molecule has 3 heterocycles. The molecule has 0 bridgehead atoms. The minimum atomic E-state index is -0.887. The number of carboxylic acids is 1. The van der Waals surface area contributed by atoms with Crippen LogP contribution in [0.1, 0.15) is 37.4 Å². The van der Waals surface area contributed by atoms with Crippen LogP contribution >= 0.6 is 34.7 Å². The number of benzene rings is 1. The van der Waals surface area contributed by atoms with Crippen LogP contribution in [-0.2, 0) is 4.79 Å². The van der Waals surface area contributed by atoms with E-state index in [0.717, 1.165) is 30.8 Å². The molecular formula is C25H29ClN2O4S2. The molecule has 2 N–H and O–H groups in total. The number of hydrogen-bond donors (Lipinski definition) is 2. The van der Waals surface area contributed by atoms with Gasteiger partial charge in [-0.15, -0.1) is 23.1 Å². The molecule has 9 heteroatoms. The van der Waals surface area contributed by atoms with Crippen LogP contribution in [0.15, 0.2) is 46.1 Å². The van der Waals surface area contributed by atoms with Gasteiger partial charge in [-0.1, -0.05) is 17.7 Å². The number of carbonyl (C=O) groups is 1. The summed E-state index contributed by atoms with van der Waals surface area (Å²) >= 11 is 10.0. The molecule has 1 aliphatic rings. The van der Waals surface area contributed by atoms with Crippen LogP contribution in [0.4, 0.5) is 0 Å². The van der Waals surface area contributed by atoms with Crippen LogP contribution in [0.25, 0.3) is 10.9 Å². The van der Waals surface area contributed by atoms with Gasteiger partial charge < -0.3 is 19.8 Å². The number of aliphatic hydroxyl groups is 1. The highest BCUT2D eigenvalue weighted by Gasteiger charge is 2.41. The second-order valence-electron chi connectivity index (χ2n) is 8.67. The van der Waals surface area contributed by atoms with E-state index >= 15 is 0 Å². The number of thioether (sulfide) groups is 1. The number of methoxy groups -OCH3 is 1. The molecular weight excluding hydrogens is 492 g/mol. The number of fused-ring (bicyclic) bond motifs is 1. The van der Waals surface area contributed by atoms with Gasteiger partial charge in [-0.3, -0.25) is 9.78 Å². The number of hydrogen-bond acceptors (Lipinski definition) is 7. The van der Waals surface area contributed by atoms with Gasteiger partial charge in [0.15, 0.2) is 0 Å². The molecule has 2 aromatic heterocycles. The number of pyridine rings is 1. The first-order valence-electron chi connectivity index (χ1n) is 11.3. The molecule has 0 spiro atoms. The first-order chi connectivity index (χ1) is 16.4. The Balaban J connectivity index is 1.39. The first kappa shape index (κ1) is 25.3. The lowest BCUT2D eigenvalue weighted by molar-refractivity contribution is -0.153. The van der Waals surface area contributed by atoms with E-state index in [1.54, 1.807) is 18.4 Å². The fourth-order valence-electron chi connectivity index (χ4n) is 4.59. The number of halogens is 1. The van der Waals surface area contributed by atoms with Crippen molar-refractivity contribution in [3.8, 4) is 5.75 Å². The highest BCUT2D eigenvalue weighted by atomic mass is 35.5. The predicted molar refractivity (Wildman–Crippen MR) is 138 cm³/mol. The molecule has 1 fully saturated rings. The summed E-state index contributed by atoms with van der Waals surface area (Å²) in [5.41, 5.74) is 0.459. The summed E-state index contributed by atoms with van der Waals surface area (Å²) in [6.07, 6.45) is 2.52. The Kier molecular flexibility index (Phi) is 8.37. The molecule has 0 radical (unpaired) electrons. The number of aliphatic carboxylic acids is 1. The number of aliphatic hydroxyl groups excluding tert-OH is 1. The van der Waals surface area contributed by atoms with Gasteiger partial charge in [0.05, 0.1) is 33.4 Å². The Morgan fingerprint density at radius 2 is 2.15 bits per heavy atom. The number of thiophene rings is 1. The van der Waals surface area contributed by atoms with Crippen molar-refractivity contribution in [3.63, 3.8) is 0 Å². The molecule has 34 heavy (non-hydrogen) atoms. The summed E-state index contributed by atoms with van der Waals surface area (Å²) in [6.45, 7) is 2.45. The fourth-order valence-corrected chi connectivity index (χ4v) is 6.73. The SMILES string of the molecule is COc1ccc2ncc(Cl)c([C@@H](O)CCC3(C(=O)O)CCN(CCSc4cccs4)CC3)c2c1. The number of rotatable bonds is 10. The van der Waals surface area contributed by atoms with E-state index in [9.17, 15) is 15.0 Å². The van der Waals surface area contributed by atoms with Gasteiger partial charge in [0.1, 0.15) is 5.75 Å². The van der Waals surface area contributed by atoms with Crippen LogP contribution in [0.5, 0.6) is 5.75 Å². The lowest BCUT2D eigenvalue weighted by Gasteiger charge is -2.39. The van der Waals surface area contributed by atoms with Crippen molar-refractivity contribution in [1.29, 1.82) is 0 Å². The number of ether oxygens (including phenoxy) is 1. The van der Waals surface area contributed by atoms with E-state index in [4.69, 9.17) is 16.3 Å². The number of carboxylic acid groups (broad SMARTS) is 1. The third-order valence-electron chi connectivity index (χ3n) is 6.71. The maximum absolute atomic E-state index is 12.3. The number of likely N-dealkylation sites (tertiary alicyclic amines) is 1. The third-order valence-corrected chi connectivity index (χ3v) is 9.12. The molecule has 0 aliphatic carbocycles. The van der Waals surface area contributed by atoms with Crippen LogP contribution in [0, 0.1) is 5.41 Å². The van der Waals surface area contributed by atoms with Crippen molar-refractivity contribution in [2.45, 2.75) is 36.0 Å².